The van der Waals surface area contributed by atoms with Crippen LogP contribution in [0.1, 0.15) is 19.8 Å². The van der Waals surface area contributed by atoms with Crippen LogP contribution >= 0.6 is 0 Å². The summed E-state index contributed by atoms with van der Waals surface area (Å²) in [4.78, 5) is 3.33. The maximum atomic E-state index is 11.1. The molecular weight excluding hydrogens is 303 g/mol. The van der Waals surface area contributed by atoms with Gasteiger partial charge in [-0.25, -0.2) is 0 Å². The molecule has 0 aliphatic carbocycles. The van der Waals surface area contributed by atoms with Gasteiger partial charge in [0.15, 0.2) is 5.37 Å². The van der Waals surface area contributed by atoms with Crippen LogP contribution in [-0.2, 0) is 10.1 Å². The van der Waals surface area contributed by atoms with E-state index in [9.17, 15) is 25.7 Å². The van der Waals surface area contributed by atoms with E-state index in [1.165, 1.54) is 0 Å². The van der Waals surface area contributed by atoms with Crippen molar-refractivity contribution in [3.05, 3.63) is 25.2 Å². The Morgan fingerprint density at radius 2 is 1.90 bits per heavy atom. The molecule has 0 spiro atoms. The van der Waals surface area contributed by atoms with E-state index in [2.05, 4.69) is 6.58 Å². The van der Waals surface area contributed by atoms with Crippen molar-refractivity contribution in [3.63, 3.8) is 0 Å². The first-order chi connectivity index (χ1) is 8.99. The summed E-state index contributed by atoms with van der Waals surface area (Å²) in [6, 6.07) is 0. The van der Waals surface area contributed by atoms with E-state index in [-0.39, 0.29) is 0 Å². The van der Waals surface area contributed by atoms with Crippen LogP contribution in [0.2, 0.25) is 0 Å². The molecule has 1 rings (SSSR count). The Morgan fingerprint density at radius 3 is 2.20 bits per heavy atom. The zero-order valence-corrected chi connectivity index (χ0v) is 11.6. The number of halogens is 4. The summed E-state index contributed by atoms with van der Waals surface area (Å²) in [7, 11) is -10.0. The van der Waals surface area contributed by atoms with Crippen LogP contribution in [0.15, 0.2) is 25.2 Å². The van der Waals surface area contributed by atoms with E-state index in [0.29, 0.717) is 19.5 Å². The van der Waals surface area contributed by atoms with E-state index < -0.39 is 22.7 Å². The monoisotopic (exact) mass is 319 g/mol. The third-order valence-electron chi connectivity index (χ3n) is 2.26. The first kappa shape index (κ1) is 18.8. The Morgan fingerprint density at radius 1 is 1.40 bits per heavy atom. The molecule has 0 bridgehead atoms. The lowest BCUT2D eigenvalue weighted by Gasteiger charge is -2.25. The predicted octanol–water partition coefficient (Wildman–Crippen LogP) is 2.49. The van der Waals surface area contributed by atoms with Gasteiger partial charge in [0.25, 0.3) is 10.1 Å². The molecule has 0 aromatic carbocycles. The standard InChI is InChI=1S/C9H16N2O3S.BF4/c1-3-5-9(15(12,13)14)11-7-6-10(4-2)8-11;2-1(3,4)5/h4,6-7,9H,2-3,5,8H2,1H3,(H,12,13,14);/q;-1. The SMILES string of the molecule is C=CN1C=CN(C(CCC)S(=O)(=O)O)C1.F[B-](F)(F)F. The quantitative estimate of drug-likeness (QED) is 0.479. The Kier molecular flexibility index (Phi) is 7.07. The molecule has 0 saturated carbocycles. The second-order valence-corrected chi connectivity index (χ2v) is 5.48. The average Bonchev–Trinajstić information content (AvgIpc) is 2.70. The fourth-order valence-electron chi connectivity index (χ4n) is 1.49. The van der Waals surface area contributed by atoms with Crippen LogP contribution in [0, 0.1) is 0 Å². The fourth-order valence-corrected chi connectivity index (χ4v) is 2.51. The summed E-state index contributed by atoms with van der Waals surface area (Å²) in [6.45, 7) is 5.87. The molecule has 1 unspecified atom stereocenters. The zero-order chi connectivity index (χ0) is 16.0. The van der Waals surface area contributed by atoms with Gasteiger partial charge in [0.2, 0.25) is 0 Å². The fraction of sp³-hybridized carbons (Fsp3) is 0.556. The van der Waals surface area contributed by atoms with Crippen molar-refractivity contribution in [1.82, 2.24) is 9.80 Å². The highest BCUT2D eigenvalue weighted by molar-refractivity contribution is 7.86. The highest BCUT2D eigenvalue weighted by atomic mass is 32.2. The van der Waals surface area contributed by atoms with Gasteiger partial charge < -0.3 is 27.1 Å². The minimum atomic E-state index is -6.00. The molecule has 20 heavy (non-hydrogen) atoms. The van der Waals surface area contributed by atoms with Crippen LogP contribution in [0.4, 0.5) is 17.3 Å². The zero-order valence-electron chi connectivity index (χ0n) is 10.8. The van der Waals surface area contributed by atoms with Crippen molar-refractivity contribution in [3.8, 4) is 0 Å². The van der Waals surface area contributed by atoms with Crippen LogP contribution in [-0.4, -0.2) is 42.1 Å². The Hall–Kier alpha value is -1.23. The van der Waals surface area contributed by atoms with Gasteiger partial charge in [-0.3, -0.25) is 4.55 Å². The lowest BCUT2D eigenvalue weighted by atomic mass is 10.3. The molecule has 5 nitrogen and oxygen atoms in total. The molecule has 0 radical (unpaired) electrons. The normalized spacial score (nSPS) is 16.7. The summed E-state index contributed by atoms with van der Waals surface area (Å²) < 4.78 is 70.4. The number of rotatable bonds is 5. The summed E-state index contributed by atoms with van der Waals surface area (Å²) in [5, 5.41) is -0.858. The molecule has 118 valence electrons. The molecule has 11 heteroatoms. The molecular formula is C9H16BF4N2O3S-. The maximum absolute atomic E-state index is 11.1. The summed E-state index contributed by atoms with van der Waals surface area (Å²) in [6.07, 6.45) is 6.08. The van der Waals surface area contributed by atoms with E-state index in [1.54, 1.807) is 28.4 Å². The number of hydrogen-bond acceptors (Lipinski definition) is 4. The van der Waals surface area contributed by atoms with Gasteiger partial charge in [-0.15, -0.1) is 0 Å². The molecule has 0 aromatic rings. The molecule has 0 amide bonds. The molecule has 1 aliphatic rings. The molecule has 0 fully saturated rings. The predicted molar refractivity (Wildman–Crippen MR) is 68.3 cm³/mol. The van der Waals surface area contributed by atoms with Crippen molar-refractivity contribution in [2.24, 2.45) is 0 Å². The number of nitrogens with zero attached hydrogens (tertiary/aromatic N) is 2. The largest absolute Gasteiger partial charge is 0.673 e. The summed E-state index contributed by atoms with van der Waals surface area (Å²) in [5.74, 6) is 0. The van der Waals surface area contributed by atoms with E-state index >= 15 is 0 Å². The lowest BCUT2D eigenvalue weighted by Crippen LogP contribution is -2.38. The maximum Gasteiger partial charge on any atom is 0.673 e. The highest BCUT2D eigenvalue weighted by Gasteiger charge is 2.29. The topological polar surface area (TPSA) is 60.9 Å². The van der Waals surface area contributed by atoms with Crippen molar-refractivity contribution in [2.75, 3.05) is 6.67 Å². The van der Waals surface area contributed by atoms with E-state index in [1.807, 2.05) is 6.92 Å². The smallest absolute Gasteiger partial charge is 0.418 e. The third kappa shape index (κ3) is 8.05. The van der Waals surface area contributed by atoms with Gasteiger partial charge >= 0.3 is 7.25 Å². The summed E-state index contributed by atoms with van der Waals surface area (Å²) in [5.41, 5.74) is 0. The van der Waals surface area contributed by atoms with Crippen molar-refractivity contribution in [1.29, 1.82) is 0 Å². The van der Waals surface area contributed by atoms with Crippen LogP contribution < -0.4 is 0 Å². The number of hydrogen-bond donors (Lipinski definition) is 1. The van der Waals surface area contributed by atoms with Crippen molar-refractivity contribution >= 4 is 17.4 Å². The molecule has 1 N–H and O–H groups in total. The van der Waals surface area contributed by atoms with Gasteiger partial charge in [0.1, 0.15) is 0 Å². The Bertz CT molecular complexity index is 435. The van der Waals surface area contributed by atoms with E-state index in [0.717, 1.165) is 0 Å². The third-order valence-corrected chi connectivity index (χ3v) is 3.45. The van der Waals surface area contributed by atoms with Gasteiger partial charge in [0, 0.05) is 12.4 Å². The van der Waals surface area contributed by atoms with E-state index in [4.69, 9.17) is 4.55 Å². The lowest BCUT2D eigenvalue weighted by molar-refractivity contribution is 0.267. The molecule has 0 saturated heterocycles. The van der Waals surface area contributed by atoms with Crippen LogP contribution in [0.25, 0.3) is 0 Å². The highest BCUT2D eigenvalue weighted by Crippen LogP contribution is 2.18. The van der Waals surface area contributed by atoms with Crippen molar-refractivity contribution in [2.45, 2.75) is 25.1 Å². The first-order valence-corrected chi connectivity index (χ1v) is 7.15. The molecule has 1 aliphatic heterocycles. The van der Waals surface area contributed by atoms with Crippen molar-refractivity contribution < 1.29 is 30.2 Å². The van der Waals surface area contributed by atoms with Gasteiger partial charge in [-0.1, -0.05) is 19.9 Å². The molecule has 1 atom stereocenters. The molecule has 1 heterocycles. The average molecular weight is 319 g/mol. The minimum Gasteiger partial charge on any atom is -0.418 e. The summed E-state index contributed by atoms with van der Waals surface area (Å²) >= 11 is 0. The van der Waals surface area contributed by atoms with Crippen LogP contribution in [0.5, 0.6) is 0 Å². The first-order valence-electron chi connectivity index (χ1n) is 5.65. The Labute approximate surface area is 115 Å². The minimum absolute atomic E-state index is 0.411. The van der Waals surface area contributed by atoms with Gasteiger partial charge in [-0.2, -0.15) is 8.42 Å². The van der Waals surface area contributed by atoms with Gasteiger partial charge in [0.05, 0.1) is 6.67 Å². The second kappa shape index (κ2) is 7.53. The van der Waals surface area contributed by atoms with Crippen LogP contribution in [0.3, 0.4) is 0 Å². The van der Waals surface area contributed by atoms with Gasteiger partial charge in [-0.05, 0) is 12.6 Å². The Balaban J connectivity index is 0.000000621. The molecule has 0 aromatic heterocycles. The second-order valence-electron chi connectivity index (χ2n) is 3.90.